The van der Waals surface area contributed by atoms with Gasteiger partial charge in [-0.25, -0.2) is 4.39 Å². The van der Waals surface area contributed by atoms with Gasteiger partial charge < -0.3 is 10.6 Å². The smallest absolute Gasteiger partial charge is 0.128 e. The second kappa shape index (κ2) is 4.55. The van der Waals surface area contributed by atoms with Crippen LogP contribution in [0.15, 0.2) is 12.1 Å². The predicted octanol–water partition coefficient (Wildman–Crippen LogP) is 3.34. The molecule has 1 saturated carbocycles. The summed E-state index contributed by atoms with van der Waals surface area (Å²) in [6, 6.07) is 3.93. The predicted molar refractivity (Wildman–Crippen MR) is 70.8 cm³/mol. The van der Waals surface area contributed by atoms with Gasteiger partial charge in [0.1, 0.15) is 5.82 Å². The minimum atomic E-state index is -0.216. The molecule has 0 amide bonds. The van der Waals surface area contributed by atoms with E-state index in [9.17, 15) is 4.39 Å². The third kappa shape index (κ3) is 2.71. The number of nitrogens with zero attached hydrogens (tertiary/aromatic N) is 1. The molecule has 1 aromatic carbocycles. The number of anilines is 2. The van der Waals surface area contributed by atoms with Crippen LogP contribution in [-0.2, 0) is 0 Å². The van der Waals surface area contributed by atoms with Crippen LogP contribution in [0.5, 0.6) is 0 Å². The van der Waals surface area contributed by atoms with Gasteiger partial charge in [0.05, 0.1) is 11.4 Å². The summed E-state index contributed by atoms with van der Waals surface area (Å²) in [5.41, 5.74) is 8.18. The number of nitrogen functional groups attached to an aromatic ring is 1. The van der Waals surface area contributed by atoms with E-state index in [1.807, 2.05) is 6.07 Å². The average Bonchev–Trinajstić information content (AvgIpc) is 3.04. The summed E-state index contributed by atoms with van der Waals surface area (Å²) in [6.07, 6.45) is 2.45. The second-order valence-electron chi connectivity index (χ2n) is 5.44. The molecule has 2 nitrogen and oxygen atoms in total. The van der Waals surface area contributed by atoms with E-state index < -0.39 is 0 Å². The molecule has 17 heavy (non-hydrogen) atoms. The van der Waals surface area contributed by atoms with Gasteiger partial charge in [0, 0.05) is 12.6 Å². The van der Waals surface area contributed by atoms with Crippen molar-refractivity contribution in [2.75, 3.05) is 17.2 Å². The van der Waals surface area contributed by atoms with E-state index >= 15 is 0 Å². The van der Waals surface area contributed by atoms with Crippen LogP contribution in [0.3, 0.4) is 0 Å². The van der Waals surface area contributed by atoms with Gasteiger partial charge >= 0.3 is 0 Å². The second-order valence-corrected chi connectivity index (χ2v) is 5.44. The highest BCUT2D eigenvalue weighted by Gasteiger charge is 2.30. The molecule has 0 heterocycles. The highest BCUT2D eigenvalue weighted by atomic mass is 19.1. The summed E-state index contributed by atoms with van der Waals surface area (Å²) in [6.45, 7) is 7.17. The average molecular weight is 236 g/mol. The van der Waals surface area contributed by atoms with Gasteiger partial charge in [-0.2, -0.15) is 0 Å². The fourth-order valence-corrected chi connectivity index (χ4v) is 2.15. The lowest BCUT2D eigenvalue weighted by Crippen LogP contribution is -2.30. The maximum absolute atomic E-state index is 13.4. The molecule has 1 aliphatic rings. The number of nitrogens with two attached hydrogens (primary N) is 1. The Morgan fingerprint density at radius 2 is 2.06 bits per heavy atom. The maximum Gasteiger partial charge on any atom is 0.128 e. The van der Waals surface area contributed by atoms with Crippen LogP contribution in [0.1, 0.15) is 32.3 Å². The molecular weight excluding hydrogens is 215 g/mol. The van der Waals surface area contributed by atoms with Crippen LogP contribution < -0.4 is 10.6 Å². The standard InChI is InChI=1S/C14H21FN2/c1-9(2)8-17(11-4-5-11)14-6-10(3)12(15)7-13(14)16/h6-7,9,11H,4-5,8,16H2,1-3H3. The van der Waals surface area contributed by atoms with Crippen molar-refractivity contribution in [3.05, 3.63) is 23.5 Å². The Balaban J connectivity index is 2.31. The number of rotatable bonds is 4. The Labute approximate surface area is 103 Å². The molecular formula is C14H21FN2. The topological polar surface area (TPSA) is 29.3 Å². The van der Waals surface area contributed by atoms with E-state index in [1.165, 1.54) is 18.9 Å². The van der Waals surface area contributed by atoms with E-state index in [1.54, 1.807) is 6.92 Å². The van der Waals surface area contributed by atoms with Gasteiger partial charge in [0.2, 0.25) is 0 Å². The molecule has 1 fully saturated rings. The summed E-state index contributed by atoms with van der Waals surface area (Å²) < 4.78 is 13.4. The molecule has 0 bridgehead atoms. The van der Waals surface area contributed by atoms with Crippen LogP contribution in [-0.4, -0.2) is 12.6 Å². The van der Waals surface area contributed by atoms with Crippen molar-refractivity contribution in [1.29, 1.82) is 0 Å². The lowest BCUT2D eigenvalue weighted by molar-refractivity contribution is 0.603. The molecule has 0 spiro atoms. The van der Waals surface area contributed by atoms with Crippen molar-refractivity contribution >= 4 is 11.4 Å². The molecule has 1 aliphatic carbocycles. The summed E-state index contributed by atoms with van der Waals surface area (Å²) >= 11 is 0. The van der Waals surface area contributed by atoms with Gasteiger partial charge in [0.25, 0.3) is 0 Å². The minimum absolute atomic E-state index is 0.216. The summed E-state index contributed by atoms with van der Waals surface area (Å²) in [7, 11) is 0. The van der Waals surface area contributed by atoms with E-state index in [0.29, 0.717) is 23.2 Å². The van der Waals surface area contributed by atoms with Crippen molar-refractivity contribution in [2.45, 2.75) is 39.7 Å². The van der Waals surface area contributed by atoms with Gasteiger partial charge in [-0.05, 0) is 43.4 Å². The summed E-state index contributed by atoms with van der Waals surface area (Å²) in [5.74, 6) is 0.368. The number of hydrogen-bond donors (Lipinski definition) is 1. The molecule has 94 valence electrons. The Morgan fingerprint density at radius 1 is 1.41 bits per heavy atom. The summed E-state index contributed by atoms with van der Waals surface area (Å²) in [4.78, 5) is 2.34. The van der Waals surface area contributed by atoms with Gasteiger partial charge in [-0.15, -0.1) is 0 Å². The van der Waals surface area contributed by atoms with Crippen molar-refractivity contribution < 1.29 is 4.39 Å². The van der Waals surface area contributed by atoms with Crippen molar-refractivity contribution in [3.8, 4) is 0 Å². The van der Waals surface area contributed by atoms with E-state index in [4.69, 9.17) is 5.73 Å². The zero-order valence-corrected chi connectivity index (χ0v) is 10.8. The van der Waals surface area contributed by atoms with E-state index in [0.717, 1.165) is 12.2 Å². The number of hydrogen-bond acceptors (Lipinski definition) is 2. The third-order valence-electron chi connectivity index (χ3n) is 3.17. The first-order valence-electron chi connectivity index (χ1n) is 6.31. The molecule has 0 aliphatic heterocycles. The van der Waals surface area contributed by atoms with Crippen LogP contribution in [0.25, 0.3) is 0 Å². The monoisotopic (exact) mass is 236 g/mol. The normalized spacial score (nSPS) is 15.4. The Bertz CT molecular complexity index is 411. The Hall–Kier alpha value is -1.25. The molecule has 3 heteroatoms. The first-order valence-corrected chi connectivity index (χ1v) is 6.31. The summed E-state index contributed by atoms with van der Waals surface area (Å²) in [5, 5.41) is 0. The van der Waals surface area contributed by atoms with Crippen molar-refractivity contribution in [1.82, 2.24) is 0 Å². The highest BCUT2D eigenvalue weighted by Crippen LogP contribution is 2.36. The lowest BCUT2D eigenvalue weighted by Gasteiger charge is -2.28. The SMILES string of the molecule is Cc1cc(N(CC(C)C)C2CC2)c(N)cc1F. The van der Waals surface area contributed by atoms with Crippen LogP contribution >= 0.6 is 0 Å². The zero-order chi connectivity index (χ0) is 12.6. The Kier molecular flexibility index (Phi) is 3.27. The molecule has 2 rings (SSSR count). The number of aryl methyl sites for hydroxylation is 1. The lowest BCUT2D eigenvalue weighted by atomic mass is 10.1. The molecule has 0 unspecified atom stereocenters. The van der Waals surface area contributed by atoms with E-state index in [-0.39, 0.29) is 5.82 Å². The van der Waals surface area contributed by atoms with Crippen molar-refractivity contribution in [3.63, 3.8) is 0 Å². The molecule has 0 aromatic heterocycles. The van der Waals surface area contributed by atoms with Crippen LogP contribution in [0, 0.1) is 18.7 Å². The molecule has 1 aromatic rings. The molecule has 0 atom stereocenters. The first-order chi connectivity index (χ1) is 7.99. The van der Waals surface area contributed by atoms with Gasteiger partial charge in [-0.1, -0.05) is 13.8 Å². The number of benzene rings is 1. The van der Waals surface area contributed by atoms with E-state index in [2.05, 4.69) is 18.7 Å². The van der Waals surface area contributed by atoms with Gasteiger partial charge in [0.15, 0.2) is 0 Å². The quantitative estimate of drug-likeness (QED) is 0.812. The van der Waals surface area contributed by atoms with Crippen LogP contribution in [0.2, 0.25) is 0 Å². The maximum atomic E-state index is 13.4. The molecule has 0 radical (unpaired) electrons. The fourth-order valence-electron chi connectivity index (χ4n) is 2.15. The van der Waals surface area contributed by atoms with Crippen molar-refractivity contribution in [2.24, 2.45) is 5.92 Å². The molecule has 2 N–H and O–H groups in total. The largest absolute Gasteiger partial charge is 0.397 e. The minimum Gasteiger partial charge on any atom is -0.397 e. The van der Waals surface area contributed by atoms with Crippen LogP contribution in [0.4, 0.5) is 15.8 Å². The molecule has 0 saturated heterocycles. The number of halogens is 1. The first kappa shape index (κ1) is 12.2. The van der Waals surface area contributed by atoms with Gasteiger partial charge in [-0.3, -0.25) is 0 Å². The fraction of sp³-hybridized carbons (Fsp3) is 0.571. The third-order valence-corrected chi connectivity index (χ3v) is 3.17. The Morgan fingerprint density at radius 3 is 2.59 bits per heavy atom. The zero-order valence-electron chi connectivity index (χ0n) is 10.8. The highest BCUT2D eigenvalue weighted by molar-refractivity contribution is 5.69.